The van der Waals surface area contributed by atoms with Crippen molar-refractivity contribution in [2.24, 2.45) is 0 Å². The van der Waals surface area contributed by atoms with Gasteiger partial charge in [0.1, 0.15) is 12.4 Å². The van der Waals surface area contributed by atoms with Crippen LogP contribution in [0.25, 0.3) is 11.8 Å². The number of thioether (sulfide) groups is 1. The molecule has 1 aliphatic heterocycles. The first kappa shape index (κ1) is 24.6. The van der Waals surface area contributed by atoms with Gasteiger partial charge in [-0.05, 0) is 67.6 Å². The second-order valence-electron chi connectivity index (χ2n) is 7.78. The highest BCUT2D eigenvalue weighted by atomic mass is 35.5. The maximum Gasteiger partial charge on any atom is 0.339 e. The van der Waals surface area contributed by atoms with Crippen molar-refractivity contribution >= 4 is 46.6 Å². The molecule has 4 rings (SSSR count). The summed E-state index contributed by atoms with van der Waals surface area (Å²) >= 11 is 6.98. The minimum atomic E-state index is -0.435. The zero-order valence-corrected chi connectivity index (χ0v) is 21.0. The molecule has 2 amide bonds. The number of methoxy groups -OCH3 is 1. The predicted molar refractivity (Wildman–Crippen MR) is 136 cm³/mol. The maximum absolute atomic E-state index is 13.0. The molecule has 0 bridgehead atoms. The van der Waals surface area contributed by atoms with Crippen LogP contribution in [0.1, 0.15) is 27.3 Å². The van der Waals surface area contributed by atoms with Crippen LogP contribution < -0.4 is 4.74 Å². The van der Waals surface area contributed by atoms with Crippen molar-refractivity contribution < 1.29 is 23.9 Å². The fourth-order valence-corrected chi connectivity index (χ4v) is 4.94. The summed E-state index contributed by atoms with van der Waals surface area (Å²) < 4.78 is 12.5. The van der Waals surface area contributed by atoms with E-state index in [9.17, 15) is 14.4 Å². The zero-order valence-electron chi connectivity index (χ0n) is 19.4. The number of esters is 1. The molecule has 0 aliphatic carbocycles. The predicted octanol–water partition coefficient (Wildman–Crippen LogP) is 5.65. The smallest absolute Gasteiger partial charge is 0.339 e. The second-order valence-corrected chi connectivity index (χ2v) is 9.18. The van der Waals surface area contributed by atoms with E-state index in [0.717, 1.165) is 28.7 Å². The van der Waals surface area contributed by atoms with Crippen LogP contribution in [-0.4, -0.2) is 46.8 Å². The third-order valence-electron chi connectivity index (χ3n) is 5.59. The van der Waals surface area contributed by atoms with Gasteiger partial charge in [0.05, 0.1) is 34.8 Å². The van der Waals surface area contributed by atoms with Crippen LogP contribution in [0.4, 0.5) is 4.79 Å². The minimum absolute atomic E-state index is 0.110. The molecule has 7 nitrogen and oxygen atoms in total. The minimum Gasteiger partial charge on any atom is -0.490 e. The molecule has 0 atom stereocenters. The number of benzene rings is 2. The Morgan fingerprint density at radius 3 is 2.54 bits per heavy atom. The summed E-state index contributed by atoms with van der Waals surface area (Å²) in [6.07, 6.45) is 1.71. The van der Waals surface area contributed by atoms with Gasteiger partial charge in [0, 0.05) is 11.4 Å². The molecule has 2 heterocycles. The molecule has 0 unspecified atom stereocenters. The fourth-order valence-electron chi connectivity index (χ4n) is 3.90. The van der Waals surface area contributed by atoms with Gasteiger partial charge in [0.2, 0.25) is 0 Å². The molecule has 35 heavy (non-hydrogen) atoms. The molecular formula is C26H23ClN2O5S. The van der Waals surface area contributed by atoms with E-state index in [1.54, 1.807) is 42.5 Å². The molecule has 1 aliphatic rings. The molecule has 1 aromatic heterocycles. The number of aromatic nitrogens is 1. The Morgan fingerprint density at radius 2 is 1.80 bits per heavy atom. The lowest BCUT2D eigenvalue weighted by Crippen LogP contribution is -2.32. The lowest BCUT2D eigenvalue weighted by molar-refractivity contribution is -0.123. The molecule has 180 valence electrons. The first-order valence-electron chi connectivity index (χ1n) is 10.8. The number of rotatable bonds is 7. The highest BCUT2D eigenvalue weighted by molar-refractivity contribution is 8.18. The summed E-state index contributed by atoms with van der Waals surface area (Å²) in [7, 11) is 1.34. The van der Waals surface area contributed by atoms with Crippen molar-refractivity contribution in [1.82, 2.24) is 9.47 Å². The number of halogens is 1. The molecule has 0 spiro atoms. The van der Waals surface area contributed by atoms with Gasteiger partial charge in [-0.15, -0.1) is 0 Å². The Balaban J connectivity index is 1.55. The number of carbonyl (C=O) groups excluding carboxylic acids is 3. The fraction of sp³-hybridized carbons (Fsp3) is 0.192. The second kappa shape index (κ2) is 10.4. The summed E-state index contributed by atoms with van der Waals surface area (Å²) in [5.41, 5.74) is 3.59. The van der Waals surface area contributed by atoms with Gasteiger partial charge in [-0.25, -0.2) is 4.79 Å². The quantitative estimate of drug-likeness (QED) is 0.302. The lowest BCUT2D eigenvalue weighted by Gasteiger charge is -2.14. The first-order valence-corrected chi connectivity index (χ1v) is 12.0. The number of nitrogens with zero attached hydrogens (tertiary/aromatic N) is 2. The standard InChI is InChI=1S/C26H23ClN2O5S/c1-16-14-18(17(2)29(16)21-10-6-4-8-19(21)25(31)33-3)15-23-24(30)28(26(32)35-23)12-13-34-22-11-7-5-9-20(22)27/h4-11,14-15H,12-13H2,1-3H3/b23-15-. The van der Waals surface area contributed by atoms with E-state index < -0.39 is 5.97 Å². The lowest BCUT2D eigenvalue weighted by atomic mass is 10.1. The van der Waals surface area contributed by atoms with E-state index in [-0.39, 0.29) is 24.3 Å². The van der Waals surface area contributed by atoms with Gasteiger partial charge in [0.15, 0.2) is 0 Å². The summed E-state index contributed by atoms with van der Waals surface area (Å²) in [6, 6.07) is 16.1. The number of carbonyl (C=O) groups is 3. The van der Waals surface area contributed by atoms with Gasteiger partial charge in [-0.1, -0.05) is 35.9 Å². The Bertz CT molecular complexity index is 1350. The molecular weight excluding hydrogens is 488 g/mol. The van der Waals surface area contributed by atoms with E-state index in [0.29, 0.717) is 26.9 Å². The van der Waals surface area contributed by atoms with E-state index in [1.165, 1.54) is 12.0 Å². The summed E-state index contributed by atoms with van der Waals surface area (Å²) in [5.74, 6) is -0.311. The van der Waals surface area contributed by atoms with E-state index in [1.807, 2.05) is 36.6 Å². The Morgan fingerprint density at radius 1 is 1.09 bits per heavy atom. The van der Waals surface area contributed by atoms with Crippen LogP contribution in [0.3, 0.4) is 0 Å². The first-order chi connectivity index (χ1) is 16.8. The van der Waals surface area contributed by atoms with Crippen LogP contribution in [-0.2, 0) is 9.53 Å². The van der Waals surface area contributed by atoms with Crippen LogP contribution in [0, 0.1) is 13.8 Å². The summed E-state index contributed by atoms with van der Waals surface area (Å²) in [6.45, 7) is 4.05. The average molecular weight is 511 g/mol. The summed E-state index contributed by atoms with van der Waals surface area (Å²) in [4.78, 5) is 39.2. The molecule has 1 fully saturated rings. The Labute approximate surface area is 212 Å². The van der Waals surface area contributed by atoms with E-state index >= 15 is 0 Å². The molecule has 2 aromatic carbocycles. The molecule has 3 aromatic rings. The number of aryl methyl sites for hydroxylation is 1. The van der Waals surface area contributed by atoms with Crippen LogP contribution in [0.15, 0.2) is 59.5 Å². The van der Waals surface area contributed by atoms with Crippen molar-refractivity contribution in [2.75, 3.05) is 20.3 Å². The van der Waals surface area contributed by atoms with E-state index in [2.05, 4.69) is 0 Å². The number of hydrogen-bond donors (Lipinski definition) is 0. The third-order valence-corrected chi connectivity index (χ3v) is 6.81. The average Bonchev–Trinajstić information content (AvgIpc) is 3.28. The normalized spacial score (nSPS) is 14.6. The Hall–Kier alpha value is -3.49. The number of amides is 2. The third kappa shape index (κ3) is 4.99. The van der Waals surface area contributed by atoms with Crippen LogP contribution in [0.2, 0.25) is 5.02 Å². The van der Waals surface area contributed by atoms with Crippen molar-refractivity contribution in [3.63, 3.8) is 0 Å². The SMILES string of the molecule is COC(=O)c1ccccc1-n1c(C)cc(/C=C2\SC(=O)N(CCOc3ccccc3Cl)C2=O)c1C. The zero-order chi connectivity index (χ0) is 25.1. The van der Waals surface area contributed by atoms with Crippen LogP contribution >= 0.6 is 23.4 Å². The number of imide groups is 1. The molecule has 0 N–H and O–H groups in total. The monoisotopic (exact) mass is 510 g/mol. The molecule has 0 saturated carbocycles. The molecule has 1 saturated heterocycles. The van der Waals surface area contributed by atoms with Crippen molar-refractivity contribution in [1.29, 1.82) is 0 Å². The van der Waals surface area contributed by atoms with Gasteiger partial charge < -0.3 is 14.0 Å². The highest BCUT2D eigenvalue weighted by Gasteiger charge is 2.35. The van der Waals surface area contributed by atoms with Gasteiger partial charge in [-0.2, -0.15) is 0 Å². The Kier molecular flexibility index (Phi) is 7.33. The summed E-state index contributed by atoms with van der Waals surface area (Å²) in [5, 5.41) is 0.111. The molecule has 9 heteroatoms. The van der Waals surface area contributed by atoms with Crippen molar-refractivity contribution in [2.45, 2.75) is 13.8 Å². The van der Waals surface area contributed by atoms with Gasteiger partial charge in [0.25, 0.3) is 11.1 Å². The highest BCUT2D eigenvalue weighted by Crippen LogP contribution is 2.34. The van der Waals surface area contributed by atoms with E-state index in [4.69, 9.17) is 21.1 Å². The number of para-hydroxylation sites is 2. The van der Waals surface area contributed by atoms with Crippen LogP contribution in [0.5, 0.6) is 5.75 Å². The topological polar surface area (TPSA) is 77.8 Å². The van der Waals surface area contributed by atoms with Crippen molar-refractivity contribution in [3.05, 3.63) is 87.0 Å². The van der Waals surface area contributed by atoms with Gasteiger partial charge >= 0.3 is 5.97 Å². The largest absolute Gasteiger partial charge is 0.490 e. The number of hydrogen-bond acceptors (Lipinski definition) is 6. The van der Waals surface area contributed by atoms with Gasteiger partial charge in [-0.3, -0.25) is 14.5 Å². The molecule has 0 radical (unpaired) electrons. The van der Waals surface area contributed by atoms with Crippen molar-refractivity contribution in [3.8, 4) is 11.4 Å². The number of ether oxygens (including phenoxy) is 2. The maximum atomic E-state index is 13.0.